The lowest BCUT2D eigenvalue weighted by Gasteiger charge is -2.27. The third-order valence-corrected chi connectivity index (χ3v) is 5.17. The SMILES string of the molecule is CC(C)(C)[C@@H](NC(=O)NCC1C(C)(C)C1(C)C)C(=O)O. The van der Waals surface area contributed by atoms with E-state index in [1.165, 1.54) is 0 Å². The summed E-state index contributed by atoms with van der Waals surface area (Å²) in [5, 5.41) is 14.5. The number of hydrogen-bond donors (Lipinski definition) is 3. The normalized spacial score (nSPS) is 21.9. The highest BCUT2D eigenvalue weighted by Crippen LogP contribution is 2.67. The Morgan fingerprint density at radius 3 is 1.90 bits per heavy atom. The number of carbonyl (C=O) groups excluding carboxylic acids is 1. The molecule has 0 bridgehead atoms. The molecule has 0 radical (unpaired) electrons. The zero-order valence-corrected chi connectivity index (χ0v) is 13.6. The van der Waals surface area contributed by atoms with Crippen molar-refractivity contribution in [1.29, 1.82) is 0 Å². The van der Waals surface area contributed by atoms with Crippen LogP contribution in [-0.4, -0.2) is 29.7 Å². The summed E-state index contributed by atoms with van der Waals surface area (Å²) in [6.45, 7) is 14.7. The van der Waals surface area contributed by atoms with Crippen LogP contribution in [0.5, 0.6) is 0 Å². The Bertz CT molecular complexity index is 394. The summed E-state index contributed by atoms with van der Waals surface area (Å²) < 4.78 is 0. The molecule has 1 atom stereocenters. The first kappa shape index (κ1) is 16.8. The monoisotopic (exact) mass is 284 g/mol. The molecule has 0 unspecified atom stereocenters. The molecule has 0 spiro atoms. The van der Waals surface area contributed by atoms with Crippen LogP contribution in [0.2, 0.25) is 0 Å². The van der Waals surface area contributed by atoms with E-state index in [1.807, 2.05) is 0 Å². The van der Waals surface area contributed by atoms with E-state index in [2.05, 4.69) is 38.3 Å². The van der Waals surface area contributed by atoms with Crippen molar-refractivity contribution in [3.05, 3.63) is 0 Å². The maximum absolute atomic E-state index is 11.9. The molecule has 20 heavy (non-hydrogen) atoms. The molecule has 0 heterocycles. The van der Waals surface area contributed by atoms with E-state index in [0.29, 0.717) is 12.5 Å². The van der Waals surface area contributed by atoms with Crippen molar-refractivity contribution < 1.29 is 14.7 Å². The highest BCUT2D eigenvalue weighted by Gasteiger charge is 2.64. The average Bonchev–Trinajstić information content (AvgIpc) is 2.61. The van der Waals surface area contributed by atoms with Crippen molar-refractivity contribution in [1.82, 2.24) is 10.6 Å². The highest BCUT2D eigenvalue weighted by molar-refractivity contribution is 5.83. The molecular weight excluding hydrogens is 256 g/mol. The molecule has 0 aromatic heterocycles. The molecule has 0 aromatic rings. The fraction of sp³-hybridized carbons (Fsp3) is 0.867. The van der Waals surface area contributed by atoms with Crippen LogP contribution >= 0.6 is 0 Å². The molecule has 1 fully saturated rings. The number of hydrogen-bond acceptors (Lipinski definition) is 2. The smallest absolute Gasteiger partial charge is 0.326 e. The zero-order chi connectivity index (χ0) is 15.9. The van der Waals surface area contributed by atoms with Crippen LogP contribution in [0.4, 0.5) is 4.79 Å². The van der Waals surface area contributed by atoms with Gasteiger partial charge in [0.15, 0.2) is 0 Å². The van der Waals surface area contributed by atoms with E-state index >= 15 is 0 Å². The van der Waals surface area contributed by atoms with Gasteiger partial charge in [-0.1, -0.05) is 48.5 Å². The molecule has 1 aliphatic rings. The van der Waals surface area contributed by atoms with Crippen LogP contribution < -0.4 is 10.6 Å². The number of carbonyl (C=O) groups is 2. The Kier molecular flexibility index (Phi) is 4.14. The fourth-order valence-electron chi connectivity index (χ4n) is 2.87. The summed E-state index contributed by atoms with van der Waals surface area (Å²) in [7, 11) is 0. The van der Waals surface area contributed by atoms with Gasteiger partial charge in [0.2, 0.25) is 0 Å². The predicted octanol–water partition coefficient (Wildman–Crippen LogP) is 2.47. The third-order valence-electron chi connectivity index (χ3n) is 5.17. The Morgan fingerprint density at radius 1 is 1.15 bits per heavy atom. The predicted molar refractivity (Wildman–Crippen MR) is 78.5 cm³/mol. The van der Waals surface area contributed by atoms with Crippen LogP contribution in [0.3, 0.4) is 0 Å². The van der Waals surface area contributed by atoms with E-state index in [9.17, 15) is 14.7 Å². The van der Waals surface area contributed by atoms with Crippen LogP contribution in [-0.2, 0) is 4.79 Å². The standard InChI is InChI=1S/C15H28N2O3/c1-13(2,3)10(11(18)19)17-12(20)16-8-9-14(4,5)15(9,6)7/h9-10H,8H2,1-7H3,(H,18,19)(H2,16,17,20)/t10-/m0/s1. The van der Waals surface area contributed by atoms with Gasteiger partial charge >= 0.3 is 12.0 Å². The molecule has 1 aliphatic carbocycles. The van der Waals surface area contributed by atoms with Gasteiger partial charge in [0.1, 0.15) is 6.04 Å². The Morgan fingerprint density at radius 2 is 1.60 bits per heavy atom. The summed E-state index contributed by atoms with van der Waals surface area (Å²) in [4.78, 5) is 23.1. The van der Waals surface area contributed by atoms with Gasteiger partial charge in [0.05, 0.1) is 0 Å². The van der Waals surface area contributed by atoms with E-state index in [1.54, 1.807) is 20.8 Å². The molecule has 116 valence electrons. The summed E-state index contributed by atoms with van der Waals surface area (Å²) in [5.41, 5.74) is -0.117. The maximum Gasteiger partial charge on any atom is 0.326 e. The summed E-state index contributed by atoms with van der Waals surface area (Å²) in [6, 6.07) is -1.31. The van der Waals surface area contributed by atoms with Gasteiger partial charge in [-0.3, -0.25) is 0 Å². The molecule has 0 aromatic carbocycles. The van der Waals surface area contributed by atoms with Gasteiger partial charge in [-0.05, 0) is 22.2 Å². The Hall–Kier alpha value is -1.26. The van der Waals surface area contributed by atoms with E-state index in [-0.39, 0.29) is 10.8 Å². The van der Waals surface area contributed by atoms with Gasteiger partial charge in [-0.2, -0.15) is 0 Å². The fourth-order valence-corrected chi connectivity index (χ4v) is 2.87. The van der Waals surface area contributed by atoms with Crippen LogP contribution in [0, 0.1) is 22.2 Å². The van der Waals surface area contributed by atoms with E-state index in [0.717, 1.165) is 0 Å². The van der Waals surface area contributed by atoms with Gasteiger partial charge in [0, 0.05) is 6.54 Å². The number of nitrogens with one attached hydrogen (secondary N) is 2. The first-order valence-corrected chi connectivity index (χ1v) is 7.09. The van der Waals surface area contributed by atoms with Crippen LogP contribution in [0.1, 0.15) is 48.5 Å². The van der Waals surface area contributed by atoms with Crippen LogP contribution in [0.25, 0.3) is 0 Å². The quantitative estimate of drug-likeness (QED) is 0.742. The van der Waals surface area contributed by atoms with E-state index in [4.69, 9.17) is 0 Å². The first-order valence-electron chi connectivity index (χ1n) is 7.09. The minimum Gasteiger partial charge on any atom is -0.480 e. The molecule has 5 nitrogen and oxygen atoms in total. The number of carboxylic acids is 1. The second kappa shape index (κ2) is 4.93. The lowest BCUT2D eigenvalue weighted by Crippen LogP contribution is -2.52. The molecule has 1 saturated carbocycles. The van der Waals surface area contributed by atoms with Crippen molar-refractivity contribution in [2.75, 3.05) is 6.54 Å². The number of aliphatic carboxylic acids is 1. The van der Waals surface area contributed by atoms with Gasteiger partial charge in [-0.25, -0.2) is 9.59 Å². The lowest BCUT2D eigenvalue weighted by molar-refractivity contribution is -0.141. The Balaban J connectivity index is 2.51. The number of amides is 2. The highest BCUT2D eigenvalue weighted by atomic mass is 16.4. The molecule has 2 amide bonds. The summed E-state index contributed by atoms with van der Waals surface area (Å²) in [6.07, 6.45) is 0. The zero-order valence-electron chi connectivity index (χ0n) is 13.6. The molecule has 0 saturated heterocycles. The van der Waals surface area contributed by atoms with Gasteiger partial charge in [-0.15, -0.1) is 0 Å². The maximum atomic E-state index is 11.9. The van der Waals surface area contributed by atoms with Crippen molar-refractivity contribution in [3.63, 3.8) is 0 Å². The largest absolute Gasteiger partial charge is 0.480 e. The van der Waals surface area contributed by atoms with Gasteiger partial charge < -0.3 is 15.7 Å². The molecular formula is C15H28N2O3. The molecule has 0 aliphatic heterocycles. The lowest BCUT2D eigenvalue weighted by atomic mass is 9.87. The Labute approximate surface area is 121 Å². The topological polar surface area (TPSA) is 78.4 Å². The second-order valence-electron chi connectivity index (χ2n) is 7.99. The average molecular weight is 284 g/mol. The second-order valence-corrected chi connectivity index (χ2v) is 7.99. The number of carboxylic acid groups (broad SMARTS) is 1. The molecule has 5 heteroatoms. The number of rotatable bonds is 4. The van der Waals surface area contributed by atoms with Crippen molar-refractivity contribution in [3.8, 4) is 0 Å². The third kappa shape index (κ3) is 3.07. The summed E-state index contributed by atoms with van der Waals surface area (Å²) in [5.74, 6) is -0.599. The molecule has 3 N–H and O–H groups in total. The molecule has 1 rings (SSSR count). The van der Waals surface area contributed by atoms with Crippen molar-refractivity contribution >= 4 is 12.0 Å². The minimum atomic E-state index is -1.01. The number of urea groups is 1. The minimum absolute atomic E-state index is 0.205. The van der Waals surface area contributed by atoms with E-state index < -0.39 is 23.5 Å². The van der Waals surface area contributed by atoms with Crippen molar-refractivity contribution in [2.45, 2.75) is 54.5 Å². The van der Waals surface area contributed by atoms with Crippen molar-refractivity contribution in [2.24, 2.45) is 22.2 Å². The summed E-state index contributed by atoms with van der Waals surface area (Å²) >= 11 is 0. The van der Waals surface area contributed by atoms with Gasteiger partial charge in [0.25, 0.3) is 0 Å². The first-order chi connectivity index (χ1) is 8.81. The van der Waals surface area contributed by atoms with Crippen LogP contribution in [0.15, 0.2) is 0 Å².